The molecular weight excluding hydrogens is 239 g/mol. The summed E-state index contributed by atoms with van der Waals surface area (Å²) in [4.78, 5) is 21.4. The lowest BCUT2D eigenvalue weighted by Crippen LogP contribution is -2.40. The normalized spacial score (nSPS) is 15.4. The molecule has 0 aromatic heterocycles. The third kappa shape index (κ3) is 4.88. The highest BCUT2D eigenvalue weighted by Crippen LogP contribution is 2.17. The summed E-state index contributed by atoms with van der Waals surface area (Å²) in [5.74, 6) is -3.02. The number of alkyl halides is 3. The monoisotopic (exact) mass is 251 g/mol. The van der Waals surface area contributed by atoms with E-state index in [4.69, 9.17) is 4.74 Å². The largest absolute Gasteiger partial charge is 0.471 e. The first-order chi connectivity index (χ1) is 7.89. The van der Waals surface area contributed by atoms with Crippen molar-refractivity contribution in [1.29, 1.82) is 0 Å². The Bertz CT molecular complexity index is 336. The Kier molecular flexibility index (Phi) is 4.53. The van der Waals surface area contributed by atoms with Gasteiger partial charge in [0.2, 0.25) is 0 Å². The van der Waals surface area contributed by atoms with Gasteiger partial charge in [0.05, 0.1) is 0 Å². The standard InChI is InChI=1S/C10H12F3NO3/c11-10(12,13)9(16)14-5-8(15)17-6-7-3-1-2-4-7/h3H,1-2,4-6H2,(H,14,16). The van der Waals surface area contributed by atoms with Gasteiger partial charge in [-0.25, -0.2) is 0 Å². The number of amides is 1. The number of allylic oxidation sites excluding steroid dienone is 1. The van der Waals surface area contributed by atoms with Crippen molar-refractivity contribution in [3.63, 3.8) is 0 Å². The summed E-state index contributed by atoms with van der Waals surface area (Å²) in [5, 5.41) is 1.44. The highest BCUT2D eigenvalue weighted by Gasteiger charge is 2.38. The quantitative estimate of drug-likeness (QED) is 0.605. The third-order valence-corrected chi connectivity index (χ3v) is 2.20. The number of esters is 1. The van der Waals surface area contributed by atoms with Crippen LogP contribution in [0.15, 0.2) is 11.6 Å². The number of carbonyl (C=O) groups is 2. The van der Waals surface area contributed by atoms with Crippen molar-refractivity contribution in [3.8, 4) is 0 Å². The maximum Gasteiger partial charge on any atom is 0.471 e. The van der Waals surface area contributed by atoms with Gasteiger partial charge in [-0.15, -0.1) is 0 Å². The minimum atomic E-state index is -4.98. The number of hydrogen-bond acceptors (Lipinski definition) is 3. The van der Waals surface area contributed by atoms with E-state index in [0.717, 1.165) is 24.8 Å². The van der Waals surface area contributed by atoms with Crippen LogP contribution in [0.25, 0.3) is 0 Å². The van der Waals surface area contributed by atoms with Crippen LogP contribution in [0.4, 0.5) is 13.2 Å². The molecule has 0 unspecified atom stereocenters. The van der Waals surface area contributed by atoms with Gasteiger partial charge < -0.3 is 10.1 Å². The van der Waals surface area contributed by atoms with Gasteiger partial charge in [0.15, 0.2) is 0 Å². The van der Waals surface area contributed by atoms with E-state index < -0.39 is 24.6 Å². The van der Waals surface area contributed by atoms with E-state index in [9.17, 15) is 22.8 Å². The molecule has 0 saturated heterocycles. The molecule has 0 aromatic rings. The van der Waals surface area contributed by atoms with Crippen LogP contribution in [0.1, 0.15) is 19.3 Å². The number of nitrogens with one attached hydrogen (secondary N) is 1. The Hall–Kier alpha value is -1.53. The zero-order valence-electron chi connectivity index (χ0n) is 8.97. The molecule has 0 spiro atoms. The summed E-state index contributed by atoms with van der Waals surface area (Å²) in [5.41, 5.74) is 0.959. The molecule has 1 aliphatic rings. The average Bonchev–Trinajstić information content (AvgIpc) is 2.74. The molecule has 7 heteroatoms. The number of rotatable bonds is 4. The SMILES string of the molecule is O=C(CNC(=O)C(F)(F)F)OCC1=CCCC1. The predicted molar refractivity (Wildman–Crippen MR) is 52.0 cm³/mol. The van der Waals surface area contributed by atoms with E-state index in [1.807, 2.05) is 6.08 Å². The molecule has 0 aromatic carbocycles. The number of carbonyl (C=O) groups excluding carboxylic acids is 2. The fourth-order valence-electron chi connectivity index (χ4n) is 1.35. The second-order valence-electron chi connectivity index (χ2n) is 3.60. The molecule has 4 nitrogen and oxygen atoms in total. The smallest absolute Gasteiger partial charge is 0.460 e. The van der Waals surface area contributed by atoms with E-state index in [-0.39, 0.29) is 6.61 Å². The topological polar surface area (TPSA) is 55.4 Å². The summed E-state index contributed by atoms with van der Waals surface area (Å²) in [6.07, 6.45) is -0.284. The fraction of sp³-hybridized carbons (Fsp3) is 0.600. The molecule has 0 radical (unpaired) electrons. The zero-order chi connectivity index (χ0) is 12.9. The highest BCUT2D eigenvalue weighted by atomic mass is 19.4. The minimum Gasteiger partial charge on any atom is -0.460 e. The molecule has 1 N–H and O–H groups in total. The molecule has 96 valence electrons. The van der Waals surface area contributed by atoms with Crippen LogP contribution in [-0.4, -0.2) is 31.2 Å². The first-order valence-electron chi connectivity index (χ1n) is 5.08. The van der Waals surface area contributed by atoms with Gasteiger partial charge in [-0.1, -0.05) is 6.08 Å². The number of hydrogen-bond donors (Lipinski definition) is 1. The summed E-state index contributed by atoms with van der Waals surface area (Å²) in [6.45, 7) is -0.688. The van der Waals surface area contributed by atoms with Gasteiger partial charge in [-0.2, -0.15) is 13.2 Å². The highest BCUT2D eigenvalue weighted by molar-refractivity contribution is 5.85. The lowest BCUT2D eigenvalue weighted by Gasteiger charge is -2.08. The molecule has 0 bridgehead atoms. The van der Waals surface area contributed by atoms with Gasteiger partial charge in [0, 0.05) is 0 Å². The molecule has 0 saturated carbocycles. The second kappa shape index (κ2) is 5.70. The summed E-state index contributed by atoms with van der Waals surface area (Å²) < 4.78 is 40.0. The second-order valence-corrected chi connectivity index (χ2v) is 3.60. The Balaban J connectivity index is 2.19. The van der Waals surface area contributed by atoms with Crippen molar-refractivity contribution in [2.75, 3.05) is 13.2 Å². The van der Waals surface area contributed by atoms with E-state index in [2.05, 4.69) is 0 Å². The molecular formula is C10H12F3NO3. The molecule has 0 atom stereocenters. The molecule has 1 aliphatic carbocycles. The van der Waals surface area contributed by atoms with Gasteiger partial charge >= 0.3 is 18.1 Å². The van der Waals surface area contributed by atoms with Crippen LogP contribution in [-0.2, 0) is 14.3 Å². The predicted octanol–water partition coefficient (Wildman–Crippen LogP) is 1.32. The first kappa shape index (κ1) is 13.5. The van der Waals surface area contributed by atoms with E-state index in [1.54, 1.807) is 0 Å². The average molecular weight is 251 g/mol. The van der Waals surface area contributed by atoms with Crippen molar-refractivity contribution in [2.24, 2.45) is 0 Å². The maximum atomic E-state index is 11.8. The van der Waals surface area contributed by atoms with Crippen LogP contribution in [0.5, 0.6) is 0 Å². The van der Waals surface area contributed by atoms with E-state index >= 15 is 0 Å². The van der Waals surface area contributed by atoms with Crippen molar-refractivity contribution in [1.82, 2.24) is 5.32 Å². The van der Waals surface area contributed by atoms with Gasteiger partial charge in [0.1, 0.15) is 13.2 Å². The van der Waals surface area contributed by atoms with Crippen molar-refractivity contribution < 1.29 is 27.5 Å². The Labute approximate surface area is 95.8 Å². The fourth-order valence-corrected chi connectivity index (χ4v) is 1.35. The Morgan fingerprint density at radius 2 is 2.12 bits per heavy atom. The molecule has 17 heavy (non-hydrogen) atoms. The van der Waals surface area contributed by atoms with E-state index in [1.165, 1.54) is 5.32 Å². The van der Waals surface area contributed by atoms with Gasteiger partial charge in [0.25, 0.3) is 0 Å². The van der Waals surface area contributed by atoms with Crippen LogP contribution >= 0.6 is 0 Å². The van der Waals surface area contributed by atoms with Crippen molar-refractivity contribution >= 4 is 11.9 Å². The number of ether oxygens (including phenoxy) is 1. The third-order valence-electron chi connectivity index (χ3n) is 2.20. The zero-order valence-corrected chi connectivity index (χ0v) is 8.97. The molecule has 1 amide bonds. The molecule has 0 aliphatic heterocycles. The van der Waals surface area contributed by atoms with Crippen molar-refractivity contribution in [2.45, 2.75) is 25.4 Å². The number of halogens is 3. The summed E-state index contributed by atoms with van der Waals surface area (Å²) in [6, 6.07) is 0. The van der Waals surface area contributed by atoms with Crippen LogP contribution in [0, 0.1) is 0 Å². The maximum absolute atomic E-state index is 11.8. The Morgan fingerprint density at radius 1 is 1.41 bits per heavy atom. The van der Waals surface area contributed by atoms with Crippen LogP contribution in [0.3, 0.4) is 0 Å². The van der Waals surface area contributed by atoms with Gasteiger partial charge in [-0.05, 0) is 24.8 Å². The molecule has 1 rings (SSSR count). The summed E-state index contributed by atoms with van der Waals surface area (Å²) >= 11 is 0. The Morgan fingerprint density at radius 3 is 2.65 bits per heavy atom. The van der Waals surface area contributed by atoms with Crippen LogP contribution in [0.2, 0.25) is 0 Å². The minimum absolute atomic E-state index is 0.0840. The summed E-state index contributed by atoms with van der Waals surface area (Å²) in [7, 11) is 0. The first-order valence-corrected chi connectivity index (χ1v) is 5.08. The lowest BCUT2D eigenvalue weighted by atomic mass is 10.2. The molecule has 0 fully saturated rings. The van der Waals surface area contributed by atoms with Crippen LogP contribution < -0.4 is 5.32 Å². The van der Waals surface area contributed by atoms with Gasteiger partial charge in [-0.3, -0.25) is 9.59 Å². The molecule has 0 heterocycles. The lowest BCUT2D eigenvalue weighted by molar-refractivity contribution is -0.174. The van der Waals surface area contributed by atoms with Crippen molar-refractivity contribution in [3.05, 3.63) is 11.6 Å². The van der Waals surface area contributed by atoms with E-state index in [0.29, 0.717) is 0 Å².